The van der Waals surface area contributed by atoms with Crippen LogP contribution in [0.4, 0.5) is 0 Å². The molecule has 1 aliphatic carbocycles. The van der Waals surface area contributed by atoms with E-state index in [0.29, 0.717) is 12.5 Å². The molecule has 0 saturated heterocycles. The summed E-state index contributed by atoms with van der Waals surface area (Å²) < 4.78 is 5.17. The van der Waals surface area contributed by atoms with E-state index >= 15 is 0 Å². The maximum atomic E-state index is 12.1. The molecule has 3 heteroatoms. The zero-order chi connectivity index (χ0) is 14.3. The quantitative estimate of drug-likeness (QED) is 0.591. The minimum atomic E-state index is -0.841. The molecule has 0 amide bonds. The van der Waals surface area contributed by atoms with E-state index in [1.807, 2.05) is 6.92 Å². The van der Waals surface area contributed by atoms with Crippen molar-refractivity contribution >= 4 is 5.97 Å². The van der Waals surface area contributed by atoms with Gasteiger partial charge < -0.3 is 9.84 Å². The van der Waals surface area contributed by atoms with Gasteiger partial charge in [0.15, 0.2) is 0 Å². The van der Waals surface area contributed by atoms with Crippen LogP contribution in [0, 0.1) is 11.8 Å². The predicted octanol–water partition coefficient (Wildman–Crippen LogP) is 3.69. The number of esters is 1. The van der Waals surface area contributed by atoms with Crippen LogP contribution in [0.1, 0.15) is 72.1 Å². The van der Waals surface area contributed by atoms with Gasteiger partial charge in [0.25, 0.3) is 0 Å². The Kier molecular flexibility index (Phi) is 6.84. The van der Waals surface area contributed by atoms with Crippen LogP contribution in [0.25, 0.3) is 0 Å². The summed E-state index contributed by atoms with van der Waals surface area (Å²) in [5.41, 5.74) is -0.841. The lowest BCUT2D eigenvalue weighted by Gasteiger charge is -2.34. The van der Waals surface area contributed by atoms with E-state index in [-0.39, 0.29) is 11.9 Å². The van der Waals surface area contributed by atoms with E-state index < -0.39 is 5.60 Å². The topological polar surface area (TPSA) is 46.5 Å². The molecule has 1 aliphatic rings. The highest BCUT2D eigenvalue weighted by atomic mass is 16.5. The fraction of sp³-hybridized carbons (Fsp3) is 0.938. The highest BCUT2D eigenvalue weighted by molar-refractivity contribution is 5.73. The third-order valence-corrected chi connectivity index (χ3v) is 4.58. The summed E-state index contributed by atoms with van der Waals surface area (Å²) in [6.45, 7) is 6.49. The third kappa shape index (κ3) is 4.48. The number of aliphatic hydroxyl groups is 1. The van der Waals surface area contributed by atoms with Crippen LogP contribution in [0.2, 0.25) is 0 Å². The summed E-state index contributed by atoms with van der Waals surface area (Å²) in [4.78, 5) is 12.1. The maximum Gasteiger partial charge on any atom is 0.311 e. The van der Waals surface area contributed by atoms with Crippen LogP contribution in [0.15, 0.2) is 0 Å². The molecule has 0 aliphatic heterocycles. The molecule has 0 heterocycles. The molecular weight excluding hydrogens is 240 g/mol. The van der Waals surface area contributed by atoms with Crippen molar-refractivity contribution in [3.05, 3.63) is 0 Å². The number of carbonyl (C=O) groups excluding carboxylic acids is 1. The predicted molar refractivity (Wildman–Crippen MR) is 76.8 cm³/mol. The summed E-state index contributed by atoms with van der Waals surface area (Å²) in [5.74, 6) is 0.161. The lowest BCUT2D eigenvalue weighted by Crippen LogP contribution is -2.43. The van der Waals surface area contributed by atoms with Gasteiger partial charge in [0, 0.05) is 0 Å². The molecule has 3 unspecified atom stereocenters. The van der Waals surface area contributed by atoms with Crippen LogP contribution >= 0.6 is 0 Å². The van der Waals surface area contributed by atoms with Crippen molar-refractivity contribution in [2.45, 2.75) is 77.7 Å². The lowest BCUT2D eigenvalue weighted by atomic mass is 9.78. The second kappa shape index (κ2) is 7.88. The summed E-state index contributed by atoms with van der Waals surface area (Å²) in [7, 11) is 0. The Balaban J connectivity index is 2.77. The Morgan fingerprint density at radius 1 is 1.32 bits per heavy atom. The van der Waals surface area contributed by atoms with Crippen molar-refractivity contribution in [2.75, 3.05) is 6.61 Å². The molecular formula is C16H30O3. The Hall–Kier alpha value is -0.570. The van der Waals surface area contributed by atoms with E-state index in [9.17, 15) is 9.90 Å². The molecule has 3 atom stereocenters. The number of carbonyl (C=O) groups is 1. The van der Waals surface area contributed by atoms with Crippen LogP contribution in [0.5, 0.6) is 0 Å². The van der Waals surface area contributed by atoms with Gasteiger partial charge in [-0.05, 0) is 38.5 Å². The monoisotopic (exact) mass is 270 g/mol. The zero-order valence-electron chi connectivity index (χ0n) is 12.8. The molecule has 112 valence electrons. The minimum absolute atomic E-state index is 0.207. The van der Waals surface area contributed by atoms with Crippen molar-refractivity contribution in [1.29, 1.82) is 0 Å². The molecule has 1 saturated carbocycles. The van der Waals surface area contributed by atoms with Gasteiger partial charge in [0.05, 0.1) is 18.1 Å². The number of ether oxygens (including phenoxy) is 1. The molecule has 0 bridgehead atoms. The molecule has 1 rings (SSSR count). The average molecular weight is 270 g/mol. The fourth-order valence-corrected chi connectivity index (χ4v) is 3.31. The maximum absolute atomic E-state index is 12.1. The standard InChI is InChI=1S/C16H30O3/c1-4-8-14(15(17)19-6-3)16(18)11-7-9-13(5-2)10-12-16/h13-14,18H,4-12H2,1-3H3. The average Bonchev–Trinajstić information content (AvgIpc) is 2.58. The van der Waals surface area contributed by atoms with Crippen LogP contribution in [-0.4, -0.2) is 23.3 Å². The number of rotatable bonds is 6. The van der Waals surface area contributed by atoms with E-state index in [0.717, 1.165) is 38.5 Å². The van der Waals surface area contributed by atoms with Crippen molar-refractivity contribution in [1.82, 2.24) is 0 Å². The SMILES string of the molecule is CCCC(C(=O)OCC)C1(O)CCCC(CC)CC1. The minimum Gasteiger partial charge on any atom is -0.466 e. The second-order valence-corrected chi connectivity index (χ2v) is 5.90. The van der Waals surface area contributed by atoms with Gasteiger partial charge in [-0.25, -0.2) is 0 Å². The van der Waals surface area contributed by atoms with Crippen molar-refractivity contribution < 1.29 is 14.6 Å². The summed E-state index contributed by atoms with van der Waals surface area (Å²) in [6, 6.07) is 0. The fourth-order valence-electron chi connectivity index (χ4n) is 3.31. The van der Waals surface area contributed by atoms with Gasteiger partial charge in [-0.15, -0.1) is 0 Å². The van der Waals surface area contributed by atoms with E-state index in [1.54, 1.807) is 0 Å². The van der Waals surface area contributed by atoms with Crippen molar-refractivity contribution in [2.24, 2.45) is 11.8 Å². The van der Waals surface area contributed by atoms with Crippen LogP contribution in [0.3, 0.4) is 0 Å². The van der Waals surface area contributed by atoms with E-state index in [2.05, 4.69) is 13.8 Å². The largest absolute Gasteiger partial charge is 0.466 e. The first-order chi connectivity index (χ1) is 9.07. The molecule has 0 aromatic rings. The summed E-state index contributed by atoms with van der Waals surface area (Å²) in [5, 5.41) is 11.0. The van der Waals surface area contributed by atoms with Crippen LogP contribution < -0.4 is 0 Å². The second-order valence-electron chi connectivity index (χ2n) is 5.90. The smallest absolute Gasteiger partial charge is 0.311 e. The Labute approximate surface area is 117 Å². The number of hydrogen-bond donors (Lipinski definition) is 1. The van der Waals surface area contributed by atoms with Crippen molar-refractivity contribution in [3.63, 3.8) is 0 Å². The normalized spacial score (nSPS) is 29.6. The van der Waals surface area contributed by atoms with Crippen LogP contribution in [-0.2, 0) is 9.53 Å². The first-order valence-corrected chi connectivity index (χ1v) is 7.96. The lowest BCUT2D eigenvalue weighted by molar-refractivity contribution is -0.160. The highest BCUT2D eigenvalue weighted by Gasteiger charge is 2.42. The molecule has 0 aromatic heterocycles. The van der Waals surface area contributed by atoms with Gasteiger partial charge in [0.1, 0.15) is 0 Å². The van der Waals surface area contributed by atoms with E-state index in [4.69, 9.17) is 4.74 Å². The summed E-state index contributed by atoms with van der Waals surface area (Å²) in [6.07, 6.45) is 7.53. The molecule has 19 heavy (non-hydrogen) atoms. The van der Waals surface area contributed by atoms with Gasteiger partial charge >= 0.3 is 5.97 Å². The summed E-state index contributed by atoms with van der Waals surface area (Å²) >= 11 is 0. The van der Waals surface area contributed by atoms with Crippen molar-refractivity contribution in [3.8, 4) is 0 Å². The first kappa shape index (κ1) is 16.5. The highest BCUT2D eigenvalue weighted by Crippen LogP contribution is 2.38. The molecule has 0 spiro atoms. The zero-order valence-corrected chi connectivity index (χ0v) is 12.8. The van der Waals surface area contributed by atoms with E-state index in [1.165, 1.54) is 12.8 Å². The van der Waals surface area contributed by atoms with Gasteiger partial charge in [-0.2, -0.15) is 0 Å². The molecule has 1 N–H and O–H groups in total. The Morgan fingerprint density at radius 2 is 2.05 bits per heavy atom. The molecule has 0 radical (unpaired) electrons. The van der Waals surface area contributed by atoms with Gasteiger partial charge in [-0.1, -0.05) is 39.5 Å². The molecule has 0 aromatic carbocycles. The molecule has 1 fully saturated rings. The van der Waals surface area contributed by atoms with Gasteiger partial charge in [-0.3, -0.25) is 4.79 Å². The third-order valence-electron chi connectivity index (χ3n) is 4.58. The first-order valence-electron chi connectivity index (χ1n) is 7.96. The Bertz CT molecular complexity index is 277. The number of hydrogen-bond acceptors (Lipinski definition) is 3. The van der Waals surface area contributed by atoms with Gasteiger partial charge in [0.2, 0.25) is 0 Å². The molecule has 3 nitrogen and oxygen atoms in total. The Morgan fingerprint density at radius 3 is 2.63 bits per heavy atom.